The van der Waals surface area contributed by atoms with Gasteiger partial charge in [-0.15, -0.1) is 10.2 Å². The second-order valence-electron chi connectivity index (χ2n) is 5.69. The molecule has 12 nitrogen and oxygen atoms in total. The molecule has 5 N–H and O–H groups in total. The molecule has 171 valence electrons. The van der Waals surface area contributed by atoms with Crippen LogP contribution in [0.1, 0.15) is 6.92 Å². The minimum Gasteiger partial charge on any atom is -0.510 e. The molecular formula is C16H15CuN3Na2O9S2+2. The van der Waals surface area contributed by atoms with Gasteiger partial charge < -0.3 is 15.5 Å². The van der Waals surface area contributed by atoms with Crippen LogP contribution in [-0.4, -0.2) is 42.1 Å². The maximum absolute atomic E-state index is 12.3. The van der Waals surface area contributed by atoms with E-state index < -0.39 is 58.8 Å². The molecule has 0 saturated carbocycles. The number of para-hydroxylation sites is 1. The van der Waals surface area contributed by atoms with E-state index in [2.05, 4.69) is 15.5 Å². The summed E-state index contributed by atoms with van der Waals surface area (Å²) < 4.78 is 63.7. The van der Waals surface area contributed by atoms with E-state index in [0.29, 0.717) is 17.8 Å². The Morgan fingerprint density at radius 3 is 1.97 bits per heavy atom. The van der Waals surface area contributed by atoms with E-state index in [1.54, 1.807) is 30.3 Å². The largest absolute Gasteiger partial charge is 1.00 e. The molecule has 0 saturated heterocycles. The van der Waals surface area contributed by atoms with Crippen LogP contribution in [0.5, 0.6) is 5.75 Å². The number of allylic oxidation sites excluding steroid dienone is 1. The number of nitrogens with zero attached hydrogens (tertiary/aromatic N) is 2. The van der Waals surface area contributed by atoms with Gasteiger partial charge in [0.15, 0.2) is 11.4 Å². The molecule has 0 aromatic heterocycles. The van der Waals surface area contributed by atoms with Crippen LogP contribution in [0.4, 0.5) is 11.4 Å². The average Bonchev–Trinajstić information content (AvgIpc) is 2.61. The molecule has 0 fully saturated rings. The molecule has 0 aliphatic rings. The Bertz CT molecular complexity index is 1270. The van der Waals surface area contributed by atoms with Crippen molar-refractivity contribution < 1.29 is 117 Å². The molecule has 0 aliphatic carbocycles. The summed E-state index contributed by atoms with van der Waals surface area (Å²) in [5, 5.41) is 28.9. The van der Waals surface area contributed by atoms with Gasteiger partial charge in [0.1, 0.15) is 16.3 Å². The first-order valence-corrected chi connectivity index (χ1v) is 10.7. The number of nitrogens with one attached hydrogen (secondary N) is 1. The second-order valence-corrected chi connectivity index (χ2v) is 8.50. The number of azo groups is 1. The fourth-order valence-electron chi connectivity index (χ4n) is 2.09. The summed E-state index contributed by atoms with van der Waals surface area (Å²) in [5.41, 5.74) is -1.13. The third kappa shape index (κ3) is 9.76. The molecule has 33 heavy (non-hydrogen) atoms. The topological polar surface area (TPSA) is 203 Å². The first-order chi connectivity index (χ1) is 13.8. The molecular weight excluding hydrogens is 552 g/mol. The molecule has 0 unspecified atom stereocenters. The van der Waals surface area contributed by atoms with Crippen LogP contribution in [0, 0.1) is 0 Å². The van der Waals surface area contributed by atoms with Gasteiger partial charge in [-0.25, -0.2) is 0 Å². The molecule has 0 aliphatic heterocycles. The normalized spacial score (nSPS) is 12.0. The van der Waals surface area contributed by atoms with Crippen molar-refractivity contribution >= 4 is 37.5 Å². The number of hydrogen-bond acceptors (Lipinski definition) is 9. The van der Waals surface area contributed by atoms with Crippen molar-refractivity contribution in [2.24, 2.45) is 10.2 Å². The summed E-state index contributed by atoms with van der Waals surface area (Å²) in [4.78, 5) is 10.00. The van der Waals surface area contributed by atoms with Crippen molar-refractivity contribution in [3.8, 4) is 5.75 Å². The standard InChI is InChI=1S/C16H15N3O9S2.Cu.2Na/c1-9(20)14(16(22)17-10-5-3-2-4-6-10)19-18-12-7-11(29(23,24)25)8-13(15(12)21)30(26,27)28;;;/h2-8,20-21H,1H3,(H,17,22)(H,23,24,25)(H,26,27,28);;;/q;;2*+1/b14-9+,19-18?;;;. The summed E-state index contributed by atoms with van der Waals surface area (Å²) in [6.45, 7) is 1.09. The molecule has 2 rings (SSSR count). The summed E-state index contributed by atoms with van der Waals surface area (Å²) in [7, 11) is -10.1. The number of hydrogen-bond donors (Lipinski definition) is 5. The van der Waals surface area contributed by atoms with Gasteiger partial charge in [-0.05, 0) is 31.2 Å². The first-order valence-electron chi connectivity index (χ1n) is 7.80. The van der Waals surface area contributed by atoms with Gasteiger partial charge in [-0.1, -0.05) is 18.2 Å². The van der Waals surface area contributed by atoms with Gasteiger partial charge in [-0.3, -0.25) is 13.9 Å². The molecule has 0 bridgehead atoms. The van der Waals surface area contributed by atoms with Crippen molar-refractivity contribution in [1.29, 1.82) is 0 Å². The van der Waals surface area contributed by atoms with Crippen molar-refractivity contribution in [1.82, 2.24) is 0 Å². The average molecular weight is 567 g/mol. The van der Waals surface area contributed by atoms with Gasteiger partial charge >= 0.3 is 59.1 Å². The van der Waals surface area contributed by atoms with Crippen LogP contribution in [0.2, 0.25) is 0 Å². The minimum atomic E-state index is -5.12. The monoisotopic (exact) mass is 566 g/mol. The Hall–Kier alpha value is -0.811. The van der Waals surface area contributed by atoms with Gasteiger partial charge in [0, 0.05) is 22.8 Å². The number of aliphatic hydroxyl groups excluding tert-OH is 1. The third-order valence-corrected chi connectivity index (χ3v) is 5.15. The van der Waals surface area contributed by atoms with E-state index in [4.69, 9.17) is 9.11 Å². The van der Waals surface area contributed by atoms with Crippen LogP contribution >= 0.6 is 0 Å². The third-order valence-electron chi connectivity index (χ3n) is 3.45. The second kappa shape index (κ2) is 13.9. The van der Waals surface area contributed by atoms with E-state index >= 15 is 0 Å². The first kappa shape index (κ1) is 34.4. The summed E-state index contributed by atoms with van der Waals surface area (Å²) in [6.07, 6.45) is 0. The number of anilines is 1. The number of carbonyl (C=O) groups is 1. The Balaban J connectivity index is 0. The van der Waals surface area contributed by atoms with E-state index in [1.807, 2.05) is 0 Å². The van der Waals surface area contributed by atoms with E-state index in [1.165, 1.54) is 0 Å². The van der Waals surface area contributed by atoms with Crippen LogP contribution < -0.4 is 64.4 Å². The molecule has 0 heterocycles. The maximum Gasteiger partial charge on any atom is 1.00 e. The number of amides is 1. The zero-order valence-electron chi connectivity index (χ0n) is 17.4. The molecule has 1 amide bonds. The molecule has 17 heteroatoms. The smallest absolute Gasteiger partial charge is 0.510 e. The van der Waals surface area contributed by atoms with E-state index in [-0.39, 0.29) is 76.2 Å². The predicted octanol–water partition coefficient (Wildman–Crippen LogP) is -3.60. The summed E-state index contributed by atoms with van der Waals surface area (Å²) in [5.74, 6) is -2.73. The number of carbonyl (C=O) groups excluding carboxylic acids is 1. The number of aromatic hydroxyl groups is 1. The number of rotatable bonds is 6. The molecule has 0 spiro atoms. The summed E-state index contributed by atoms with van der Waals surface area (Å²) >= 11 is 0. The summed E-state index contributed by atoms with van der Waals surface area (Å²) in [6, 6.07) is 8.88. The molecule has 1 radical (unpaired) electrons. The maximum atomic E-state index is 12.3. The Kier molecular flexibility index (Phi) is 14.5. The van der Waals surface area contributed by atoms with Crippen molar-refractivity contribution in [2.45, 2.75) is 16.7 Å². The van der Waals surface area contributed by atoms with Crippen molar-refractivity contribution in [2.75, 3.05) is 5.32 Å². The van der Waals surface area contributed by atoms with Crippen LogP contribution in [0.25, 0.3) is 0 Å². The minimum absolute atomic E-state index is 0. The Labute approximate surface area is 244 Å². The molecule has 2 aromatic rings. The fourth-order valence-corrected chi connectivity index (χ4v) is 3.31. The van der Waals surface area contributed by atoms with Crippen LogP contribution in [-0.2, 0) is 42.1 Å². The number of phenols is 1. The number of phenolic OH excluding ortho intramolecular Hbond substituents is 1. The zero-order valence-corrected chi connectivity index (χ0v) is 24.0. The van der Waals surface area contributed by atoms with Gasteiger partial charge in [-0.2, -0.15) is 16.8 Å². The van der Waals surface area contributed by atoms with E-state index in [9.17, 15) is 31.8 Å². The van der Waals surface area contributed by atoms with Gasteiger partial charge in [0.25, 0.3) is 26.1 Å². The quantitative estimate of drug-likeness (QED) is 0.0769. The van der Waals surface area contributed by atoms with Gasteiger partial charge in [0.05, 0.1) is 4.90 Å². The van der Waals surface area contributed by atoms with Crippen molar-refractivity contribution in [3.63, 3.8) is 0 Å². The Morgan fingerprint density at radius 2 is 1.52 bits per heavy atom. The molecule has 0 atom stereocenters. The Morgan fingerprint density at radius 1 is 0.970 bits per heavy atom. The number of aliphatic hydroxyl groups is 1. The van der Waals surface area contributed by atoms with Crippen molar-refractivity contribution in [3.05, 3.63) is 53.9 Å². The van der Waals surface area contributed by atoms with Crippen LogP contribution in [0.15, 0.2) is 73.9 Å². The molecule has 2 aromatic carbocycles. The zero-order chi connectivity index (χ0) is 22.7. The van der Waals surface area contributed by atoms with Crippen LogP contribution in [0.3, 0.4) is 0 Å². The predicted molar refractivity (Wildman–Crippen MR) is 103 cm³/mol. The fraction of sp³-hybridized carbons (Fsp3) is 0.0625. The van der Waals surface area contributed by atoms with E-state index in [0.717, 1.165) is 6.92 Å². The SMILES string of the molecule is C/C(O)=C(\N=Nc1cc(S(=O)(=O)O)cc(S(=O)(=O)O)c1O)C(=O)Nc1ccccc1.[Cu].[Na+].[Na+]. The number of benzene rings is 2. The van der Waals surface area contributed by atoms with Gasteiger partial charge in [0.2, 0.25) is 0 Å².